The quantitative estimate of drug-likeness (QED) is 0.840. The molecule has 1 saturated heterocycles. The summed E-state index contributed by atoms with van der Waals surface area (Å²) in [6.07, 6.45) is 4.52. The molecular weight excluding hydrogens is 198 g/mol. The van der Waals surface area contributed by atoms with Crippen LogP contribution in [0.2, 0.25) is 0 Å². The lowest BCUT2D eigenvalue weighted by Crippen LogP contribution is -2.21. The number of aromatic nitrogens is 1. The first-order chi connectivity index (χ1) is 7.83. The predicted octanol–water partition coefficient (Wildman–Crippen LogP) is 2.04. The molecule has 1 aliphatic heterocycles. The van der Waals surface area contributed by atoms with Crippen molar-refractivity contribution in [3.05, 3.63) is 23.9 Å². The fraction of sp³-hybridized carbons (Fsp3) is 0.615. The topological polar surface area (TPSA) is 28.2 Å². The highest BCUT2D eigenvalue weighted by molar-refractivity contribution is 5.42. The fourth-order valence-electron chi connectivity index (χ4n) is 2.32. The summed E-state index contributed by atoms with van der Waals surface area (Å²) in [5, 5.41) is 3.18. The van der Waals surface area contributed by atoms with Crippen molar-refractivity contribution >= 4 is 5.82 Å². The Morgan fingerprint density at radius 2 is 2.44 bits per heavy atom. The van der Waals surface area contributed by atoms with Crippen molar-refractivity contribution < 1.29 is 0 Å². The van der Waals surface area contributed by atoms with Gasteiger partial charge in [0.05, 0.1) is 0 Å². The molecule has 0 radical (unpaired) electrons. The van der Waals surface area contributed by atoms with E-state index in [2.05, 4.69) is 34.3 Å². The van der Waals surface area contributed by atoms with E-state index < -0.39 is 0 Å². The number of hydrogen-bond donors (Lipinski definition) is 1. The van der Waals surface area contributed by atoms with Crippen molar-refractivity contribution in [3.8, 4) is 0 Å². The Bertz CT molecular complexity index is 338. The molecule has 1 unspecified atom stereocenters. The van der Waals surface area contributed by atoms with E-state index in [1.54, 1.807) is 0 Å². The van der Waals surface area contributed by atoms with Gasteiger partial charge in [0.1, 0.15) is 5.82 Å². The van der Waals surface area contributed by atoms with Crippen LogP contribution in [0, 0.1) is 5.92 Å². The van der Waals surface area contributed by atoms with Gasteiger partial charge in [0.15, 0.2) is 0 Å². The zero-order chi connectivity index (χ0) is 11.4. The first kappa shape index (κ1) is 11.4. The standard InChI is InChI=1S/C13H21N3/c1-3-11-5-7-16(10-11)13-8-12(9-14-2)4-6-15-13/h4,6,8,11,14H,3,5,7,9-10H2,1-2H3. The molecule has 1 aromatic rings. The molecule has 0 aliphatic carbocycles. The SMILES string of the molecule is CCC1CCN(c2cc(CNC)ccn2)C1. The Morgan fingerprint density at radius 1 is 1.56 bits per heavy atom. The van der Waals surface area contributed by atoms with Gasteiger partial charge in [-0.1, -0.05) is 13.3 Å². The van der Waals surface area contributed by atoms with Crippen LogP contribution in [-0.2, 0) is 6.54 Å². The Labute approximate surface area is 97.9 Å². The Morgan fingerprint density at radius 3 is 3.12 bits per heavy atom. The lowest BCUT2D eigenvalue weighted by Gasteiger charge is -2.17. The molecule has 0 saturated carbocycles. The molecule has 88 valence electrons. The molecule has 16 heavy (non-hydrogen) atoms. The second kappa shape index (κ2) is 5.30. The summed E-state index contributed by atoms with van der Waals surface area (Å²) in [6.45, 7) is 5.53. The van der Waals surface area contributed by atoms with E-state index in [0.717, 1.165) is 24.8 Å². The highest BCUT2D eigenvalue weighted by atomic mass is 15.2. The largest absolute Gasteiger partial charge is 0.356 e. The Balaban J connectivity index is 2.06. The maximum absolute atomic E-state index is 4.47. The molecule has 0 spiro atoms. The van der Waals surface area contributed by atoms with Crippen molar-refractivity contribution in [2.45, 2.75) is 26.3 Å². The van der Waals surface area contributed by atoms with Crippen LogP contribution in [0.3, 0.4) is 0 Å². The van der Waals surface area contributed by atoms with Gasteiger partial charge < -0.3 is 10.2 Å². The maximum atomic E-state index is 4.47. The molecule has 1 N–H and O–H groups in total. The first-order valence-corrected chi connectivity index (χ1v) is 6.18. The van der Waals surface area contributed by atoms with Crippen LogP contribution in [-0.4, -0.2) is 25.1 Å². The third-order valence-corrected chi connectivity index (χ3v) is 3.38. The molecule has 2 rings (SSSR count). The minimum absolute atomic E-state index is 0.856. The van der Waals surface area contributed by atoms with Crippen molar-refractivity contribution in [3.63, 3.8) is 0 Å². The van der Waals surface area contributed by atoms with Gasteiger partial charge in [-0.25, -0.2) is 4.98 Å². The molecule has 0 amide bonds. The van der Waals surface area contributed by atoms with Gasteiger partial charge in [-0.15, -0.1) is 0 Å². The van der Waals surface area contributed by atoms with Crippen LogP contribution in [0.4, 0.5) is 5.82 Å². The van der Waals surface area contributed by atoms with Gasteiger partial charge in [-0.05, 0) is 37.1 Å². The van der Waals surface area contributed by atoms with Gasteiger partial charge >= 0.3 is 0 Å². The minimum Gasteiger partial charge on any atom is -0.356 e. The highest BCUT2D eigenvalue weighted by Crippen LogP contribution is 2.24. The van der Waals surface area contributed by atoms with Crippen LogP contribution in [0.15, 0.2) is 18.3 Å². The van der Waals surface area contributed by atoms with Crippen molar-refractivity contribution in [1.82, 2.24) is 10.3 Å². The molecule has 1 fully saturated rings. The maximum Gasteiger partial charge on any atom is 0.128 e. The summed E-state index contributed by atoms with van der Waals surface area (Å²) < 4.78 is 0. The third kappa shape index (κ3) is 2.53. The number of nitrogens with zero attached hydrogens (tertiary/aromatic N) is 2. The van der Waals surface area contributed by atoms with Gasteiger partial charge in [0.25, 0.3) is 0 Å². The molecule has 1 aliphatic rings. The Hall–Kier alpha value is -1.09. The van der Waals surface area contributed by atoms with E-state index in [1.165, 1.54) is 24.9 Å². The average Bonchev–Trinajstić information content (AvgIpc) is 2.78. The normalized spacial score (nSPS) is 20.4. The number of hydrogen-bond acceptors (Lipinski definition) is 3. The van der Waals surface area contributed by atoms with Crippen LogP contribution in [0.5, 0.6) is 0 Å². The number of anilines is 1. The molecule has 3 heteroatoms. The Kier molecular flexibility index (Phi) is 3.78. The van der Waals surface area contributed by atoms with E-state index in [1.807, 2.05) is 13.2 Å². The van der Waals surface area contributed by atoms with Crippen LogP contribution in [0.25, 0.3) is 0 Å². The lowest BCUT2D eigenvalue weighted by atomic mass is 10.1. The summed E-state index contributed by atoms with van der Waals surface area (Å²) in [6, 6.07) is 4.28. The van der Waals surface area contributed by atoms with Gasteiger partial charge in [-0.2, -0.15) is 0 Å². The van der Waals surface area contributed by atoms with Crippen LogP contribution in [0.1, 0.15) is 25.3 Å². The minimum atomic E-state index is 0.856. The summed E-state index contributed by atoms with van der Waals surface area (Å²) in [4.78, 5) is 6.88. The van der Waals surface area contributed by atoms with E-state index >= 15 is 0 Å². The molecule has 0 bridgehead atoms. The first-order valence-electron chi connectivity index (χ1n) is 6.18. The second-order valence-electron chi connectivity index (χ2n) is 4.56. The van der Waals surface area contributed by atoms with Crippen LogP contribution >= 0.6 is 0 Å². The zero-order valence-corrected chi connectivity index (χ0v) is 10.2. The predicted molar refractivity (Wildman–Crippen MR) is 67.6 cm³/mol. The highest BCUT2D eigenvalue weighted by Gasteiger charge is 2.21. The van der Waals surface area contributed by atoms with E-state index in [4.69, 9.17) is 0 Å². The summed E-state index contributed by atoms with van der Waals surface area (Å²) >= 11 is 0. The number of rotatable bonds is 4. The van der Waals surface area contributed by atoms with Crippen molar-refractivity contribution in [2.75, 3.05) is 25.0 Å². The lowest BCUT2D eigenvalue weighted by molar-refractivity contribution is 0.568. The summed E-state index contributed by atoms with van der Waals surface area (Å²) in [7, 11) is 1.98. The smallest absolute Gasteiger partial charge is 0.128 e. The average molecular weight is 219 g/mol. The second-order valence-corrected chi connectivity index (χ2v) is 4.56. The molecule has 3 nitrogen and oxygen atoms in total. The van der Waals surface area contributed by atoms with E-state index in [0.29, 0.717) is 0 Å². The van der Waals surface area contributed by atoms with Gasteiger partial charge in [-0.3, -0.25) is 0 Å². The summed E-state index contributed by atoms with van der Waals surface area (Å²) in [5.74, 6) is 2.00. The number of pyridine rings is 1. The fourth-order valence-corrected chi connectivity index (χ4v) is 2.32. The van der Waals surface area contributed by atoms with Crippen LogP contribution < -0.4 is 10.2 Å². The molecular formula is C13H21N3. The molecule has 0 aromatic carbocycles. The van der Waals surface area contributed by atoms with E-state index in [9.17, 15) is 0 Å². The summed E-state index contributed by atoms with van der Waals surface area (Å²) in [5.41, 5.74) is 1.31. The van der Waals surface area contributed by atoms with E-state index in [-0.39, 0.29) is 0 Å². The molecule has 2 heterocycles. The monoisotopic (exact) mass is 219 g/mol. The van der Waals surface area contributed by atoms with Gasteiger partial charge in [0, 0.05) is 25.8 Å². The third-order valence-electron chi connectivity index (χ3n) is 3.38. The van der Waals surface area contributed by atoms with Gasteiger partial charge in [0.2, 0.25) is 0 Å². The van der Waals surface area contributed by atoms with Crippen molar-refractivity contribution in [1.29, 1.82) is 0 Å². The number of nitrogens with one attached hydrogen (secondary N) is 1. The molecule has 1 atom stereocenters. The zero-order valence-electron chi connectivity index (χ0n) is 10.2. The molecule has 1 aromatic heterocycles. The van der Waals surface area contributed by atoms with Crippen molar-refractivity contribution in [2.24, 2.45) is 5.92 Å².